The number of hydrogen-bond acceptors (Lipinski definition) is 5. The second-order valence-corrected chi connectivity index (χ2v) is 6.90. The molecule has 2 aromatic carbocycles. The van der Waals surface area contributed by atoms with Crippen LogP contribution in [0.25, 0.3) is 21.8 Å². The van der Waals surface area contributed by atoms with E-state index < -0.39 is 4.92 Å². The summed E-state index contributed by atoms with van der Waals surface area (Å²) in [7, 11) is 0. The first-order valence-electron chi connectivity index (χ1n) is 8.23. The van der Waals surface area contributed by atoms with Gasteiger partial charge < -0.3 is 4.90 Å². The molecule has 0 N–H and O–H groups in total. The lowest BCUT2D eigenvalue weighted by atomic mass is 10.1. The van der Waals surface area contributed by atoms with Gasteiger partial charge in [-0.1, -0.05) is 12.1 Å². The van der Waals surface area contributed by atoms with E-state index in [0.717, 1.165) is 40.5 Å². The molecule has 1 aliphatic heterocycles. The van der Waals surface area contributed by atoms with Crippen molar-refractivity contribution in [2.24, 2.45) is 0 Å². The van der Waals surface area contributed by atoms with Crippen LogP contribution < -0.4 is 4.90 Å². The molecule has 1 saturated heterocycles. The van der Waals surface area contributed by atoms with E-state index in [2.05, 4.69) is 4.98 Å². The van der Waals surface area contributed by atoms with Crippen molar-refractivity contribution in [1.29, 1.82) is 0 Å². The molecule has 0 bridgehead atoms. The highest BCUT2D eigenvalue weighted by Crippen LogP contribution is 2.32. The van der Waals surface area contributed by atoms with Crippen LogP contribution in [0, 0.1) is 10.1 Å². The third kappa shape index (κ3) is 3.09. The molecular formula is C19H15N3O3S. The number of rotatable bonds is 4. The normalized spacial score (nSPS) is 14.0. The van der Waals surface area contributed by atoms with Crippen molar-refractivity contribution < 1.29 is 9.72 Å². The van der Waals surface area contributed by atoms with Crippen LogP contribution in [0.15, 0.2) is 53.9 Å². The maximum atomic E-state index is 12.0. The molecular weight excluding hydrogens is 350 g/mol. The van der Waals surface area contributed by atoms with Crippen LogP contribution in [0.3, 0.4) is 0 Å². The number of amides is 1. The highest BCUT2D eigenvalue weighted by molar-refractivity contribution is 7.13. The second-order valence-electron chi connectivity index (χ2n) is 6.04. The lowest BCUT2D eigenvalue weighted by molar-refractivity contribution is -0.384. The Morgan fingerprint density at radius 1 is 1.12 bits per heavy atom. The first-order chi connectivity index (χ1) is 12.6. The third-order valence-electron chi connectivity index (χ3n) is 4.36. The lowest BCUT2D eigenvalue weighted by Crippen LogP contribution is -2.23. The molecule has 2 heterocycles. The summed E-state index contributed by atoms with van der Waals surface area (Å²) in [5.41, 5.74) is 3.59. The molecule has 130 valence electrons. The Bertz CT molecular complexity index is 982. The quantitative estimate of drug-likeness (QED) is 0.503. The molecule has 7 heteroatoms. The minimum Gasteiger partial charge on any atom is -0.312 e. The zero-order valence-electron chi connectivity index (χ0n) is 13.8. The number of aromatic nitrogens is 1. The molecule has 1 aromatic heterocycles. The monoisotopic (exact) mass is 365 g/mol. The van der Waals surface area contributed by atoms with E-state index in [-0.39, 0.29) is 11.6 Å². The van der Waals surface area contributed by atoms with Crippen LogP contribution in [0.4, 0.5) is 11.4 Å². The van der Waals surface area contributed by atoms with Gasteiger partial charge in [0.05, 0.1) is 10.6 Å². The Balaban J connectivity index is 1.62. The Kier molecular flexibility index (Phi) is 4.22. The van der Waals surface area contributed by atoms with Gasteiger partial charge in [-0.15, -0.1) is 11.3 Å². The highest BCUT2D eigenvalue weighted by atomic mass is 32.1. The van der Waals surface area contributed by atoms with E-state index in [1.165, 1.54) is 23.5 Å². The van der Waals surface area contributed by atoms with E-state index in [0.29, 0.717) is 6.42 Å². The van der Waals surface area contributed by atoms with Crippen molar-refractivity contribution in [2.75, 3.05) is 11.4 Å². The first-order valence-corrected chi connectivity index (χ1v) is 9.11. The van der Waals surface area contributed by atoms with Gasteiger partial charge in [-0.05, 0) is 30.7 Å². The molecule has 1 amide bonds. The molecule has 1 fully saturated rings. The van der Waals surface area contributed by atoms with E-state index in [4.69, 9.17) is 0 Å². The molecule has 0 unspecified atom stereocenters. The van der Waals surface area contributed by atoms with Crippen molar-refractivity contribution in [3.63, 3.8) is 0 Å². The molecule has 1 aliphatic rings. The molecule has 0 aliphatic carbocycles. The largest absolute Gasteiger partial charge is 0.312 e. The molecule has 3 aromatic rings. The average Bonchev–Trinajstić information content (AvgIpc) is 3.31. The van der Waals surface area contributed by atoms with Crippen LogP contribution >= 0.6 is 11.3 Å². The van der Waals surface area contributed by atoms with Gasteiger partial charge in [0.15, 0.2) is 0 Å². The third-order valence-corrected chi connectivity index (χ3v) is 5.25. The van der Waals surface area contributed by atoms with E-state index in [9.17, 15) is 14.9 Å². The van der Waals surface area contributed by atoms with Gasteiger partial charge in [-0.3, -0.25) is 14.9 Å². The molecule has 26 heavy (non-hydrogen) atoms. The maximum Gasteiger partial charge on any atom is 0.269 e. The molecule has 4 rings (SSSR count). The topological polar surface area (TPSA) is 76.3 Å². The predicted octanol–water partition coefficient (Wildman–Crippen LogP) is 4.51. The van der Waals surface area contributed by atoms with Crippen molar-refractivity contribution >= 4 is 28.6 Å². The van der Waals surface area contributed by atoms with Gasteiger partial charge in [0.2, 0.25) is 5.91 Å². The number of nitrogens with zero attached hydrogens (tertiary/aromatic N) is 3. The number of benzene rings is 2. The molecule has 0 saturated carbocycles. The number of nitro groups is 1. The van der Waals surface area contributed by atoms with Crippen LogP contribution in [-0.2, 0) is 4.79 Å². The Hall–Kier alpha value is -3.06. The maximum absolute atomic E-state index is 12.0. The van der Waals surface area contributed by atoms with E-state index in [1.54, 1.807) is 12.1 Å². The van der Waals surface area contributed by atoms with Crippen molar-refractivity contribution in [3.05, 3.63) is 64.0 Å². The van der Waals surface area contributed by atoms with Crippen molar-refractivity contribution in [3.8, 4) is 21.8 Å². The summed E-state index contributed by atoms with van der Waals surface area (Å²) in [4.78, 5) is 28.8. The number of carbonyl (C=O) groups is 1. The Morgan fingerprint density at radius 2 is 1.92 bits per heavy atom. The van der Waals surface area contributed by atoms with Crippen LogP contribution in [0.1, 0.15) is 12.8 Å². The summed E-state index contributed by atoms with van der Waals surface area (Å²) in [6, 6.07) is 14.2. The SMILES string of the molecule is O=C1CCCN1c1cccc(-c2csc(-c3ccc([N+](=O)[O-])cc3)n2)c1. The number of non-ortho nitro benzene ring substituents is 1. The average molecular weight is 365 g/mol. The molecule has 0 spiro atoms. The fourth-order valence-electron chi connectivity index (χ4n) is 3.02. The van der Waals surface area contributed by atoms with Crippen LogP contribution in [-0.4, -0.2) is 22.4 Å². The lowest BCUT2D eigenvalue weighted by Gasteiger charge is -2.16. The zero-order valence-corrected chi connectivity index (χ0v) is 14.6. The van der Waals surface area contributed by atoms with Gasteiger partial charge in [-0.2, -0.15) is 0 Å². The predicted molar refractivity (Wildman–Crippen MR) is 101 cm³/mol. The summed E-state index contributed by atoms with van der Waals surface area (Å²) < 4.78 is 0. The standard InChI is InChI=1S/C19H15N3O3S/c23-18-5-2-10-21(18)16-4-1-3-14(11-16)17-12-26-19(20-17)13-6-8-15(9-7-13)22(24)25/h1,3-4,6-9,11-12H,2,5,10H2. The van der Waals surface area contributed by atoms with E-state index >= 15 is 0 Å². The number of thiazole rings is 1. The van der Waals surface area contributed by atoms with Gasteiger partial charge in [0.25, 0.3) is 5.69 Å². The minimum absolute atomic E-state index is 0.0634. The van der Waals surface area contributed by atoms with E-state index in [1.807, 2.05) is 34.5 Å². The number of carbonyl (C=O) groups excluding carboxylic acids is 1. The fraction of sp³-hybridized carbons (Fsp3) is 0.158. The fourth-order valence-corrected chi connectivity index (χ4v) is 3.85. The number of anilines is 1. The Labute approximate surface area is 153 Å². The van der Waals surface area contributed by atoms with Crippen LogP contribution in [0.2, 0.25) is 0 Å². The Morgan fingerprint density at radius 3 is 2.62 bits per heavy atom. The highest BCUT2D eigenvalue weighted by Gasteiger charge is 2.22. The number of hydrogen-bond donors (Lipinski definition) is 0. The smallest absolute Gasteiger partial charge is 0.269 e. The van der Waals surface area contributed by atoms with Gasteiger partial charge in [0, 0.05) is 47.3 Å². The van der Waals surface area contributed by atoms with Crippen molar-refractivity contribution in [2.45, 2.75) is 12.8 Å². The molecule has 0 atom stereocenters. The van der Waals surface area contributed by atoms with Crippen LogP contribution in [0.5, 0.6) is 0 Å². The van der Waals surface area contributed by atoms with Gasteiger partial charge in [0.1, 0.15) is 5.01 Å². The summed E-state index contributed by atoms with van der Waals surface area (Å²) in [5, 5.41) is 13.5. The first kappa shape index (κ1) is 16.4. The van der Waals surface area contributed by atoms with Gasteiger partial charge in [-0.25, -0.2) is 4.98 Å². The summed E-state index contributed by atoms with van der Waals surface area (Å²) in [6.07, 6.45) is 1.50. The minimum atomic E-state index is -0.414. The summed E-state index contributed by atoms with van der Waals surface area (Å²) >= 11 is 1.49. The van der Waals surface area contributed by atoms with Gasteiger partial charge >= 0.3 is 0 Å². The second kappa shape index (κ2) is 6.68. The molecule has 0 radical (unpaired) electrons. The zero-order chi connectivity index (χ0) is 18.1. The summed E-state index contributed by atoms with van der Waals surface area (Å²) in [6.45, 7) is 0.757. The molecule has 6 nitrogen and oxygen atoms in total. The number of nitro benzene ring substituents is 1. The summed E-state index contributed by atoms with van der Waals surface area (Å²) in [5.74, 6) is 0.159. The van der Waals surface area contributed by atoms with Crippen molar-refractivity contribution in [1.82, 2.24) is 4.98 Å².